The first-order valence-electron chi connectivity index (χ1n) is 10.4. The lowest BCUT2D eigenvalue weighted by molar-refractivity contribution is -0.119. The van der Waals surface area contributed by atoms with E-state index in [4.69, 9.17) is 16.3 Å². The highest BCUT2D eigenvalue weighted by molar-refractivity contribution is 6.21. The summed E-state index contributed by atoms with van der Waals surface area (Å²) in [5, 5.41) is 2.52. The summed E-state index contributed by atoms with van der Waals surface area (Å²) in [5.74, 6) is -1.47. The van der Waals surface area contributed by atoms with Gasteiger partial charge in [0.2, 0.25) is 11.3 Å². The number of anilines is 1. The van der Waals surface area contributed by atoms with Crippen molar-refractivity contribution in [2.24, 2.45) is 5.92 Å². The lowest BCUT2D eigenvalue weighted by Gasteiger charge is -2.20. The number of hydrogen-bond acceptors (Lipinski definition) is 6. The second-order valence-corrected chi connectivity index (χ2v) is 8.57. The Kier molecular flexibility index (Phi) is 5.88. The minimum Gasteiger partial charge on any atom is -0.462 e. The highest BCUT2D eigenvalue weighted by atomic mass is 35.5. The molecule has 1 saturated carbocycles. The van der Waals surface area contributed by atoms with Crippen molar-refractivity contribution in [1.82, 2.24) is 14.9 Å². The molecule has 166 valence electrons. The number of carbonyl (C=O) groups excluding carboxylic acids is 2. The molecule has 0 aromatic carbocycles. The van der Waals surface area contributed by atoms with Crippen molar-refractivity contribution in [3.8, 4) is 0 Å². The molecule has 1 aliphatic carbocycles. The number of esters is 1. The molecule has 2 aliphatic rings. The van der Waals surface area contributed by atoms with Crippen molar-refractivity contribution in [2.45, 2.75) is 38.1 Å². The van der Waals surface area contributed by atoms with E-state index in [1.165, 1.54) is 13.1 Å². The van der Waals surface area contributed by atoms with Crippen molar-refractivity contribution in [1.29, 1.82) is 0 Å². The van der Waals surface area contributed by atoms with Crippen LogP contribution in [-0.2, 0) is 9.53 Å². The monoisotopic (exact) mass is 450 g/mol. The van der Waals surface area contributed by atoms with E-state index in [1.807, 2.05) is 0 Å². The largest absolute Gasteiger partial charge is 0.462 e. The smallest absolute Gasteiger partial charge is 0.343 e. The number of ether oxygens (including phenoxy) is 1. The maximum Gasteiger partial charge on any atom is 0.343 e. The third kappa shape index (κ3) is 4.23. The molecular formula is C21H24ClFN4O4. The van der Waals surface area contributed by atoms with E-state index in [1.54, 1.807) is 16.4 Å². The Morgan fingerprint density at radius 1 is 1.35 bits per heavy atom. The fourth-order valence-electron chi connectivity index (χ4n) is 3.92. The molecule has 3 heterocycles. The van der Waals surface area contributed by atoms with E-state index >= 15 is 4.39 Å². The molecule has 31 heavy (non-hydrogen) atoms. The lowest BCUT2D eigenvalue weighted by atomic mass is 10.1. The van der Waals surface area contributed by atoms with E-state index in [9.17, 15) is 14.4 Å². The van der Waals surface area contributed by atoms with Crippen LogP contribution in [0.1, 0.15) is 43.1 Å². The number of pyridine rings is 2. The number of amides is 1. The van der Waals surface area contributed by atoms with Gasteiger partial charge < -0.3 is 19.5 Å². The van der Waals surface area contributed by atoms with E-state index in [0.29, 0.717) is 25.3 Å². The van der Waals surface area contributed by atoms with Crippen LogP contribution in [0.25, 0.3) is 11.0 Å². The molecule has 2 aromatic rings. The van der Waals surface area contributed by atoms with Gasteiger partial charge >= 0.3 is 5.97 Å². The second kappa shape index (κ2) is 8.45. The van der Waals surface area contributed by atoms with Gasteiger partial charge in [0.05, 0.1) is 17.4 Å². The summed E-state index contributed by atoms with van der Waals surface area (Å²) >= 11 is 6.43. The highest BCUT2D eigenvalue weighted by Gasteiger charge is 2.35. The van der Waals surface area contributed by atoms with Crippen molar-refractivity contribution in [2.75, 3.05) is 31.1 Å². The van der Waals surface area contributed by atoms with Crippen LogP contribution in [0.5, 0.6) is 0 Å². The summed E-state index contributed by atoms with van der Waals surface area (Å²) in [5.41, 5.74) is -0.371. The summed E-state index contributed by atoms with van der Waals surface area (Å²) < 4.78 is 21.8. The second-order valence-electron chi connectivity index (χ2n) is 8.01. The zero-order valence-corrected chi connectivity index (χ0v) is 18.1. The summed E-state index contributed by atoms with van der Waals surface area (Å²) in [4.78, 5) is 42.6. The minimum atomic E-state index is -0.723. The summed E-state index contributed by atoms with van der Waals surface area (Å²) in [7, 11) is 0. The molecular weight excluding hydrogens is 427 g/mol. The molecule has 8 nitrogen and oxygen atoms in total. The number of aromatic nitrogens is 2. The predicted octanol–water partition coefficient (Wildman–Crippen LogP) is 2.23. The Morgan fingerprint density at radius 2 is 2.10 bits per heavy atom. The third-order valence-electron chi connectivity index (χ3n) is 5.65. The molecule has 1 saturated heterocycles. The number of hydrogen-bond donors (Lipinski definition) is 1. The molecule has 2 atom stereocenters. The van der Waals surface area contributed by atoms with Gasteiger partial charge in [-0.15, -0.1) is 11.6 Å². The Hall–Kier alpha value is -2.68. The van der Waals surface area contributed by atoms with E-state index in [-0.39, 0.29) is 46.6 Å². The van der Waals surface area contributed by atoms with Crippen molar-refractivity contribution in [3.63, 3.8) is 0 Å². The normalized spacial score (nSPS) is 20.8. The van der Waals surface area contributed by atoms with Crippen molar-refractivity contribution < 1.29 is 18.7 Å². The van der Waals surface area contributed by atoms with Crippen LogP contribution < -0.4 is 15.6 Å². The molecule has 1 aliphatic heterocycles. The summed E-state index contributed by atoms with van der Waals surface area (Å²) in [6.45, 7) is 4.42. The first kappa shape index (κ1) is 21.5. The van der Waals surface area contributed by atoms with E-state index in [2.05, 4.69) is 10.3 Å². The predicted molar refractivity (Wildman–Crippen MR) is 114 cm³/mol. The van der Waals surface area contributed by atoms with Gasteiger partial charge in [-0.25, -0.2) is 14.2 Å². The SMILES string of the molecule is CCOC(=O)c1cn(C2CC2)c2nc(N3C[C@@H](CNC(C)=O)[C@@H](Cl)C3)c(F)cc2c1=O. The first-order chi connectivity index (χ1) is 14.8. The van der Waals surface area contributed by atoms with Gasteiger partial charge in [-0.1, -0.05) is 0 Å². The third-order valence-corrected chi connectivity index (χ3v) is 6.14. The lowest BCUT2D eigenvalue weighted by Crippen LogP contribution is -2.31. The van der Waals surface area contributed by atoms with Crippen LogP contribution in [0.15, 0.2) is 17.1 Å². The van der Waals surface area contributed by atoms with Crippen LogP contribution in [0.3, 0.4) is 0 Å². The van der Waals surface area contributed by atoms with E-state index in [0.717, 1.165) is 18.9 Å². The molecule has 0 unspecified atom stereocenters. The number of nitrogens with one attached hydrogen (secondary N) is 1. The number of fused-ring (bicyclic) bond motifs is 1. The standard InChI is InChI=1S/C21H24ClFN4O4/c1-3-31-21(30)15-9-27(13-4-5-13)19-14(18(15)29)6-17(23)20(25-19)26-8-12(16(22)10-26)7-24-11(2)28/h6,9,12-13,16H,3-5,7-8,10H2,1-2H3,(H,24,28)/t12-,16+/m1/s1. The number of carbonyl (C=O) groups is 2. The maximum absolute atomic E-state index is 15.1. The molecule has 10 heteroatoms. The highest BCUT2D eigenvalue weighted by Crippen LogP contribution is 2.37. The van der Waals surface area contributed by atoms with Crippen LogP contribution in [0.2, 0.25) is 0 Å². The molecule has 0 radical (unpaired) electrons. The Morgan fingerprint density at radius 3 is 2.74 bits per heavy atom. The zero-order chi connectivity index (χ0) is 22.3. The number of alkyl halides is 1. The average molecular weight is 451 g/mol. The van der Waals surface area contributed by atoms with Gasteiger partial charge in [0.1, 0.15) is 11.2 Å². The van der Waals surface area contributed by atoms with Crippen molar-refractivity contribution in [3.05, 3.63) is 33.9 Å². The van der Waals surface area contributed by atoms with Gasteiger partial charge in [-0.05, 0) is 25.8 Å². The quantitative estimate of drug-likeness (QED) is 0.536. The Labute approximate surface area is 183 Å². The maximum atomic E-state index is 15.1. The number of rotatable bonds is 6. The molecule has 2 fully saturated rings. The van der Waals surface area contributed by atoms with Crippen LogP contribution in [0, 0.1) is 11.7 Å². The molecule has 1 amide bonds. The minimum absolute atomic E-state index is 0.0510. The summed E-state index contributed by atoms with van der Waals surface area (Å²) in [6.07, 6.45) is 3.25. The molecule has 2 aromatic heterocycles. The molecule has 0 spiro atoms. The molecule has 4 rings (SSSR count). The topological polar surface area (TPSA) is 93.5 Å². The van der Waals surface area contributed by atoms with Crippen molar-refractivity contribution >= 4 is 40.3 Å². The van der Waals surface area contributed by atoms with E-state index < -0.39 is 17.2 Å². The first-order valence-corrected chi connectivity index (χ1v) is 10.8. The number of halogens is 2. The zero-order valence-electron chi connectivity index (χ0n) is 17.4. The van der Waals surface area contributed by atoms with Gasteiger partial charge in [-0.2, -0.15) is 0 Å². The molecule has 0 bridgehead atoms. The Bertz CT molecular complexity index is 1100. The van der Waals surface area contributed by atoms with Gasteiger partial charge in [0, 0.05) is 44.7 Å². The fourth-order valence-corrected chi connectivity index (χ4v) is 4.25. The average Bonchev–Trinajstić information content (AvgIpc) is 3.49. The summed E-state index contributed by atoms with van der Waals surface area (Å²) in [6, 6.07) is 1.25. The van der Waals surface area contributed by atoms with Crippen LogP contribution >= 0.6 is 11.6 Å². The fraction of sp³-hybridized carbons (Fsp3) is 0.524. The van der Waals surface area contributed by atoms with Gasteiger partial charge in [-0.3, -0.25) is 9.59 Å². The van der Waals surface area contributed by atoms with Gasteiger partial charge in [0.15, 0.2) is 11.6 Å². The van der Waals surface area contributed by atoms with Gasteiger partial charge in [0.25, 0.3) is 0 Å². The molecule has 1 N–H and O–H groups in total. The van der Waals surface area contributed by atoms with Crippen LogP contribution in [0.4, 0.5) is 10.2 Å². The Balaban J connectivity index is 1.74. The van der Waals surface area contributed by atoms with Crippen LogP contribution in [-0.4, -0.2) is 53.0 Å². The number of nitrogens with zero attached hydrogens (tertiary/aromatic N) is 3.